The quantitative estimate of drug-likeness (QED) is 0.595. The highest BCUT2D eigenvalue weighted by Crippen LogP contribution is 2.30. The molecule has 80 valence electrons. The van der Waals surface area contributed by atoms with Gasteiger partial charge >= 0.3 is 6.18 Å². The molecule has 0 N–H and O–H groups in total. The lowest BCUT2D eigenvalue weighted by atomic mass is 10.2. The largest absolute Gasteiger partial charge is 0.436 e. The molecule has 1 nitrogen and oxygen atoms in total. The van der Waals surface area contributed by atoms with Crippen LogP contribution in [0.5, 0.6) is 0 Å². The summed E-state index contributed by atoms with van der Waals surface area (Å²) < 4.78 is 48.5. The van der Waals surface area contributed by atoms with Gasteiger partial charge in [-0.05, 0) is 18.6 Å². The minimum absolute atomic E-state index is 0.0580. The Balaban J connectivity index is 0.000000791. The standard InChI is InChI=1S/C7H5F4N.C2H6/c1-4-2-3-12-6(5(4)8)7(9,10)11;1-2/h2-3H,1H3;1-2H3. The van der Waals surface area contributed by atoms with E-state index in [0.717, 1.165) is 6.20 Å². The molecule has 14 heavy (non-hydrogen) atoms. The third kappa shape index (κ3) is 2.97. The lowest BCUT2D eigenvalue weighted by Gasteiger charge is -2.06. The Morgan fingerprint density at radius 3 is 2.07 bits per heavy atom. The van der Waals surface area contributed by atoms with Crippen LogP contribution < -0.4 is 0 Å². The smallest absolute Gasteiger partial charge is 0.249 e. The van der Waals surface area contributed by atoms with Crippen LogP contribution >= 0.6 is 0 Å². The Kier molecular flexibility index (Phi) is 4.53. The van der Waals surface area contributed by atoms with Gasteiger partial charge in [-0.15, -0.1) is 0 Å². The van der Waals surface area contributed by atoms with Gasteiger partial charge in [-0.3, -0.25) is 0 Å². The van der Waals surface area contributed by atoms with E-state index in [4.69, 9.17) is 0 Å². The number of hydrogen-bond donors (Lipinski definition) is 0. The van der Waals surface area contributed by atoms with Gasteiger partial charge in [0.05, 0.1) is 0 Å². The predicted octanol–water partition coefficient (Wildman–Crippen LogP) is 3.57. The predicted molar refractivity (Wildman–Crippen MR) is 45.3 cm³/mol. The van der Waals surface area contributed by atoms with Crippen molar-refractivity contribution in [3.8, 4) is 0 Å². The summed E-state index contributed by atoms with van der Waals surface area (Å²) in [7, 11) is 0. The molecule has 1 aromatic rings. The highest BCUT2D eigenvalue weighted by Gasteiger charge is 2.36. The summed E-state index contributed by atoms with van der Waals surface area (Å²) in [6.07, 6.45) is -3.78. The van der Waals surface area contributed by atoms with Crippen molar-refractivity contribution in [2.75, 3.05) is 0 Å². The first-order valence-corrected chi connectivity index (χ1v) is 4.11. The van der Waals surface area contributed by atoms with E-state index in [9.17, 15) is 17.6 Å². The van der Waals surface area contributed by atoms with Gasteiger partial charge < -0.3 is 0 Å². The second-order valence-electron chi connectivity index (χ2n) is 2.29. The molecule has 0 aliphatic heterocycles. The normalized spacial score (nSPS) is 10.5. The minimum atomic E-state index is -4.71. The molecule has 0 unspecified atom stereocenters. The topological polar surface area (TPSA) is 12.9 Å². The molecule has 1 rings (SSSR count). The summed E-state index contributed by atoms with van der Waals surface area (Å²) in [6.45, 7) is 5.26. The molecule has 0 amide bonds. The molecule has 0 aliphatic rings. The van der Waals surface area contributed by atoms with E-state index in [1.54, 1.807) is 0 Å². The SMILES string of the molecule is CC.Cc1ccnc(C(F)(F)F)c1F. The molecule has 1 heterocycles. The van der Waals surface area contributed by atoms with E-state index in [1.807, 2.05) is 13.8 Å². The van der Waals surface area contributed by atoms with E-state index >= 15 is 0 Å². The fourth-order valence-corrected chi connectivity index (χ4v) is 0.738. The Hall–Kier alpha value is -1.13. The fourth-order valence-electron chi connectivity index (χ4n) is 0.738. The Labute approximate surface area is 79.8 Å². The molecular weight excluding hydrogens is 198 g/mol. The van der Waals surface area contributed by atoms with E-state index in [2.05, 4.69) is 4.98 Å². The molecule has 0 fully saturated rings. The summed E-state index contributed by atoms with van der Waals surface area (Å²) in [5.74, 6) is -1.30. The summed E-state index contributed by atoms with van der Waals surface area (Å²) in [6, 6.07) is 1.19. The fraction of sp³-hybridized carbons (Fsp3) is 0.444. The lowest BCUT2D eigenvalue weighted by Crippen LogP contribution is -2.11. The van der Waals surface area contributed by atoms with Gasteiger partial charge in [0.25, 0.3) is 0 Å². The first-order chi connectivity index (χ1) is 6.43. The van der Waals surface area contributed by atoms with Crippen molar-refractivity contribution in [2.24, 2.45) is 0 Å². The molecular formula is C9H11F4N. The van der Waals surface area contributed by atoms with E-state index in [-0.39, 0.29) is 5.56 Å². The maximum absolute atomic E-state index is 12.7. The number of aromatic nitrogens is 1. The van der Waals surface area contributed by atoms with Gasteiger partial charge in [0.2, 0.25) is 0 Å². The monoisotopic (exact) mass is 209 g/mol. The second-order valence-corrected chi connectivity index (χ2v) is 2.29. The summed E-state index contributed by atoms with van der Waals surface area (Å²) in [4.78, 5) is 2.91. The van der Waals surface area contributed by atoms with Crippen molar-refractivity contribution in [1.29, 1.82) is 0 Å². The number of halogens is 4. The van der Waals surface area contributed by atoms with Crippen molar-refractivity contribution < 1.29 is 17.6 Å². The first kappa shape index (κ1) is 12.9. The summed E-state index contributed by atoms with van der Waals surface area (Å²) >= 11 is 0. The van der Waals surface area contributed by atoms with Gasteiger partial charge in [0, 0.05) is 6.20 Å². The van der Waals surface area contributed by atoms with Gasteiger partial charge in [-0.1, -0.05) is 13.8 Å². The minimum Gasteiger partial charge on any atom is -0.249 e. The van der Waals surface area contributed by atoms with E-state index < -0.39 is 17.7 Å². The number of hydrogen-bond acceptors (Lipinski definition) is 1. The summed E-state index contributed by atoms with van der Waals surface area (Å²) in [5.41, 5.74) is -1.51. The van der Waals surface area contributed by atoms with E-state index in [1.165, 1.54) is 13.0 Å². The highest BCUT2D eigenvalue weighted by atomic mass is 19.4. The number of pyridine rings is 1. The van der Waals surface area contributed by atoms with Gasteiger partial charge in [0.1, 0.15) is 0 Å². The van der Waals surface area contributed by atoms with E-state index in [0.29, 0.717) is 0 Å². The molecule has 0 spiro atoms. The number of aryl methyl sites for hydroxylation is 1. The van der Waals surface area contributed by atoms with Crippen molar-refractivity contribution in [3.63, 3.8) is 0 Å². The van der Waals surface area contributed by atoms with Gasteiger partial charge in [-0.2, -0.15) is 13.2 Å². The number of rotatable bonds is 0. The van der Waals surface area contributed by atoms with Crippen molar-refractivity contribution in [1.82, 2.24) is 4.98 Å². The van der Waals surface area contributed by atoms with Gasteiger partial charge in [0.15, 0.2) is 11.5 Å². The molecule has 5 heteroatoms. The van der Waals surface area contributed by atoms with Crippen LogP contribution in [0.25, 0.3) is 0 Å². The Bertz CT molecular complexity index is 293. The second kappa shape index (κ2) is 4.93. The molecule has 0 bridgehead atoms. The third-order valence-corrected chi connectivity index (χ3v) is 1.35. The Morgan fingerprint density at radius 2 is 1.71 bits per heavy atom. The zero-order valence-electron chi connectivity index (χ0n) is 8.11. The molecule has 0 aromatic carbocycles. The van der Waals surface area contributed by atoms with Crippen LogP contribution in [0.4, 0.5) is 17.6 Å². The van der Waals surface area contributed by atoms with Crippen LogP contribution in [0.1, 0.15) is 25.1 Å². The van der Waals surface area contributed by atoms with Crippen molar-refractivity contribution in [3.05, 3.63) is 29.3 Å². The maximum atomic E-state index is 12.7. The molecule has 0 saturated carbocycles. The first-order valence-electron chi connectivity index (χ1n) is 4.11. The van der Waals surface area contributed by atoms with Crippen LogP contribution in [-0.4, -0.2) is 4.98 Å². The highest BCUT2D eigenvalue weighted by molar-refractivity contribution is 5.19. The molecule has 0 radical (unpaired) electrons. The summed E-state index contributed by atoms with van der Waals surface area (Å²) in [5, 5.41) is 0. The lowest BCUT2D eigenvalue weighted by molar-refractivity contribution is -0.143. The Morgan fingerprint density at radius 1 is 1.21 bits per heavy atom. The average Bonchev–Trinajstić information content (AvgIpc) is 2.11. The maximum Gasteiger partial charge on any atom is 0.436 e. The van der Waals surface area contributed by atoms with Crippen LogP contribution in [0.3, 0.4) is 0 Å². The van der Waals surface area contributed by atoms with Crippen molar-refractivity contribution >= 4 is 0 Å². The van der Waals surface area contributed by atoms with Crippen LogP contribution in [0.2, 0.25) is 0 Å². The molecule has 0 atom stereocenters. The van der Waals surface area contributed by atoms with Crippen LogP contribution in [0.15, 0.2) is 12.3 Å². The average molecular weight is 209 g/mol. The zero-order chi connectivity index (χ0) is 11.4. The van der Waals surface area contributed by atoms with Gasteiger partial charge in [-0.25, -0.2) is 9.37 Å². The molecule has 1 aromatic heterocycles. The van der Waals surface area contributed by atoms with Crippen LogP contribution in [0, 0.1) is 12.7 Å². The van der Waals surface area contributed by atoms with Crippen molar-refractivity contribution in [2.45, 2.75) is 26.9 Å². The molecule has 0 aliphatic carbocycles. The number of nitrogens with zero attached hydrogens (tertiary/aromatic N) is 1. The zero-order valence-corrected chi connectivity index (χ0v) is 8.11. The number of alkyl halides is 3. The van der Waals surface area contributed by atoms with Crippen LogP contribution in [-0.2, 0) is 6.18 Å². The molecule has 0 saturated heterocycles. The third-order valence-electron chi connectivity index (χ3n) is 1.35.